The van der Waals surface area contributed by atoms with Crippen molar-refractivity contribution in [3.05, 3.63) is 0 Å². The number of carbonyl (C=O) groups is 1. The van der Waals surface area contributed by atoms with E-state index < -0.39 is 27.0 Å². The predicted octanol–water partition coefficient (Wildman–Crippen LogP) is 2.32. The molecule has 22 heavy (non-hydrogen) atoms. The van der Waals surface area contributed by atoms with Crippen molar-refractivity contribution in [3.8, 4) is 0 Å². The molecule has 1 saturated heterocycles. The molecule has 8 heteroatoms. The summed E-state index contributed by atoms with van der Waals surface area (Å²) in [6.45, 7) is 7.99. The lowest BCUT2D eigenvalue weighted by Crippen LogP contribution is -2.51. The third kappa shape index (κ3) is 6.30. The largest absolute Gasteiger partial charge is 0.444 e. The number of alkyl halides is 1. The first kappa shape index (κ1) is 19.5. The Morgan fingerprint density at radius 2 is 2.09 bits per heavy atom. The highest BCUT2D eigenvalue weighted by molar-refractivity contribution is 7.90. The Kier molecular flexibility index (Phi) is 6.95. The highest BCUT2D eigenvalue weighted by Crippen LogP contribution is 2.17. The van der Waals surface area contributed by atoms with Crippen molar-refractivity contribution in [2.75, 3.05) is 19.0 Å². The lowest BCUT2D eigenvalue weighted by molar-refractivity contribution is 0.0195. The van der Waals surface area contributed by atoms with Crippen LogP contribution in [0.25, 0.3) is 0 Å². The fraction of sp³-hybridized carbons (Fsp3) is 0.929. The average Bonchev–Trinajstić information content (AvgIpc) is 2.36. The molecule has 6 nitrogen and oxygen atoms in total. The number of sulfonamides is 1. The van der Waals surface area contributed by atoms with Crippen LogP contribution in [0.2, 0.25) is 0 Å². The Bertz CT molecular complexity index is 476. The monoisotopic (exact) mass is 354 g/mol. The van der Waals surface area contributed by atoms with E-state index in [1.54, 1.807) is 11.8 Å². The maximum absolute atomic E-state index is 12.2. The minimum absolute atomic E-state index is 0.274. The first-order valence-electron chi connectivity index (χ1n) is 7.60. The van der Waals surface area contributed by atoms with Crippen molar-refractivity contribution < 1.29 is 17.9 Å². The Balaban J connectivity index is 2.62. The zero-order valence-corrected chi connectivity index (χ0v) is 15.3. The number of hydrogen-bond acceptors (Lipinski definition) is 4. The minimum atomic E-state index is -3.42. The predicted molar refractivity (Wildman–Crippen MR) is 87.7 cm³/mol. The molecule has 0 radical (unpaired) electrons. The molecule has 130 valence electrons. The summed E-state index contributed by atoms with van der Waals surface area (Å²) in [4.78, 5) is 13.6. The molecule has 2 atom stereocenters. The van der Waals surface area contributed by atoms with Crippen LogP contribution >= 0.6 is 11.6 Å². The van der Waals surface area contributed by atoms with Gasteiger partial charge >= 0.3 is 6.09 Å². The summed E-state index contributed by atoms with van der Waals surface area (Å²) >= 11 is 5.61. The van der Waals surface area contributed by atoms with Crippen molar-refractivity contribution in [2.24, 2.45) is 0 Å². The molecule has 1 aliphatic rings. The quantitative estimate of drug-likeness (QED) is 0.769. The third-order valence-electron chi connectivity index (χ3n) is 3.45. The summed E-state index contributed by atoms with van der Waals surface area (Å²) in [6, 6.07) is -0.274. The summed E-state index contributed by atoms with van der Waals surface area (Å²) in [5, 5.41) is -0.540. The Hall–Kier alpha value is -0.530. The highest BCUT2D eigenvalue weighted by atomic mass is 35.5. The molecule has 1 heterocycles. The highest BCUT2D eigenvalue weighted by Gasteiger charge is 2.31. The van der Waals surface area contributed by atoms with Crippen LogP contribution < -0.4 is 4.72 Å². The van der Waals surface area contributed by atoms with E-state index in [0.29, 0.717) is 31.8 Å². The summed E-state index contributed by atoms with van der Waals surface area (Å²) in [5.41, 5.74) is -0.557. The maximum atomic E-state index is 12.2. The number of ether oxygens (including phenoxy) is 1. The van der Waals surface area contributed by atoms with Gasteiger partial charge in [-0.2, -0.15) is 0 Å². The van der Waals surface area contributed by atoms with Crippen molar-refractivity contribution in [1.82, 2.24) is 9.62 Å². The third-order valence-corrected chi connectivity index (χ3v) is 5.62. The summed E-state index contributed by atoms with van der Waals surface area (Å²) in [6.07, 6.45) is 1.46. The van der Waals surface area contributed by atoms with Gasteiger partial charge in [0.15, 0.2) is 0 Å². The summed E-state index contributed by atoms with van der Waals surface area (Å²) < 4.78 is 32.4. The molecule has 1 aliphatic heterocycles. The molecule has 0 aliphatic carbocycles. The normalized spacial score (nSPS) is 21.5. The fourth-order valence-electron chi connectivity index (χ4n) is 2.22. The molecule has 1 unspecified atom stereocenters. The van der Waals surface area contributed by atoms with Gasteiger partial charge in [-0.3, -0.25) is 0 Å². The van der Waals surface area contributed by atoms with Crippen LogP contribution in [0.4, 0.5) is 4.79 Å². The van der Waals surface area contributed by atoms with Gasteiger partial charge in [-0.25, -0.2) is 17.9 Å². The van der Waals surface area contributed by atoms with Gasteiger partial charge in [0, 0.05) is 25.0 Å². The SMILES string of the molecule is CC(CCCl)S(=O)(=O)N[C@H]1CCCN(C(=O)OC(C)(C)C)C1. The van der Waals surface area contributed by atoms with Crippen molar-refractivity contribution in [1.29, 1.82) is 0 Å². The molecular formula is C14H27ClN2O4S. The number of hydrogen-bond donors (Lipinski definition) is 1. The average molecular weight is 355 g/mol. The number of nitrogens with zero attached hydrogens (tertiary/aromatic N) is 1. The van der Waals surface area contributed by atoms with Gasteiger partial charge in [0.25, 0.3) is 0 Å². The smallest absolute Gasteiger partial charge is 0.410 e. The van der Waals surface area contributed by atoms with E-state index in [9.17, 15) is 13.2 Å². The van der Waals surface area contributed by atoms with E-state index in [0.717, 1.165) is 6.42 Å². The lowest BCUT2D eigenvalue weighted by Gasteiger charge is -2.34. The summed E-state index contributed by atoms with van der Waals surface area (Å²) in [5.74, 6) is 0.302. The number of likely N-dealkylation sites (tertiary alicyclic amines) is 1. The standard InChI is InChI=1S/C14H27ClN2O4S/c1-11(7-8-15)22(19,20)16-12-6-5-9-17(10-12)13(18)21-14(2,3)4/h11-12,16H,5-10H2,1-4H3/t11?,12-/m0/s1. The number of carbonyl (C=O) groups excluding carboxylic acids is 1. The Morgan fingerprint density at radius 1 is 1.45 bits per heavy atom. The van der Waals surface area contributed by atoms with Crippen molar-refractivity contribution in [3.63, 3.8) is 0 Å². The van der Waals surface area contributed by atoms with Gasteiger partial charge in [0.2, 0.25) is 10.0 Å². The number of piperidine rings is 1. The van der Waals surface area contributed by atoms with Gasteiger partial charge in [-0.1, -0.05) is 0 Å². The van der Waals surface area contributed by atoms with Crippen LogP contribution in [-0.4, -0.2) is 55.3 Å². The van der Waals surface area contributed by atoms with Crippen LogP contribution in [-0.2, 0) is 14.8 Å². The second-order valence-corrected chi connectivity index (χ2v) is 9.23. The van der Waals surface area contributed by atoms with Gasteiger partial charge in [-0.05, 0) is 47.0 Å². The molecule has 1 fully saturated rings. The van der Waals surface area contributed by atoms with Crippen LogP contribution in [0.5, 0.6) is 0 Å². The zero-order valence-electron chi connectivity index (χ0n) is 13.8. The fourth-order valence-corrected chi connectivity index (χ4v) is 4.00. The maximum Gasteiger partial charge on any atom is 0.410 e. The van der Waals surface area contributed by atoms with E-state index in [4.69, 9.17) is 16.3 Å². The topological polar surface area (TPSA) is 75.7 Å². The minimum Gasteiger partial charge on any atom is -0.444 e. The number of nitrogens with one attached hydrogen (secondary N) is 1. The first-order valence-corrected chi connectivity index (χ1v) is 9.68. The lowest BCUT2D eigenvalue weighted by atomic mass is 10.1. The van der Waals surface area contributed by atoms with E-state index in [1.165, 1.54) is 0 Å². The van der Waals surface area contributed by atoms with Gasteiger partial charge < -0.3 is 9.64 Å². The molecular weight excluding hydrogens is 328 g/mol. The van der Waals surface area contributed by atoms with Crippen LogP contribution in [0, 0.1) is 0 Å². The van der Waals surface area contributed by atoms with E-state index in [-0.39, 0.29) is 6.04 Å². The summed E-state index contributed by atoms with van der Waals surface area (Å²) in [7, 11) is -3.42. The number of rotatable bonds is 5. The van der Waals surface area contributed by atoms with Gasteiger partial charge in [0.05, 0.1) is 5.25 Å². The van der Waals surface area contributed by atoms with Crippen LogP contribution in [0.3, 0.4) is 0 Å². The second kappa shape index (κ2) is 7.84. The van der Waals surface area contributed by atoms with E-state index in [1.807, 2.05) is 20.8 Å². The van der Waals surface area contributed by atoms with Crippen molar-refractivity contribution in [2.45, 2.75) is 63.9 Å². The van der Waals surface area contributed by atoms with Gasteiger partial charge in [0.1, 0.15) is 5.60 Å². The molecule has 1 rings (SSSR count). The molecule has 0 spiro atoms. The number of amides is 1. The molecule has 1 amide bonds. The molecule has 0 bridgehead atoms. The van der Waals surface area contributed by atoms with Crippen LogP contribution in [0.1, 0.15) is 47.0 Å². The van der Waals surface area contributed by atoms with E-state index in [2.05, 4.69) is 4.72 Å². The molecule has 0 aromatic carbocycles. The molecule has 0 aromatic heterocycles. The molecule has 0 aromatic rings. The van der Waals surface area contributed by atoms with Gasteiger partial charge in [-0.15, -0.1) is 11.6 Å². The van der Waals surface area contributed by atoms with Crippen LogP contribution in [0.15, 0.2) is 0 Å². The van der Waals surface area contributed by atoms with Crippen molar-refractivity contribution >= 4 is 27.7 Å². The van der Waals surface area contributed by atoms with E-state index >= 15 is 0 Å². The Morgan fingerprint density at radius 3 is 2.64 bits per heavy atom. The first-order chi connectivity index (χ1) is 10.0. The zero-order chi connectivity index (χ0) is 17.0. The Labute approximate surface area is 138 Å². The molecule has 0 saturated carbocycles. The second-order valence-electron chi connectivity index (χ2n) is 6.72. The number of halogens is 1. The molecule has 1 N–H and O–H groups in total.